The third-order valence-corrected chi connectivity index (χ3v) is 4.68. The van der Waals surface area contributed by atoms with Crippen LogP contribution in [0, 0.1) is 19.7 Å². The lowest BCUT2D eigenvalue weighted by Crippen LogP contribution is -2.15. The predicted molar refractivity (Wildman–Crippen MR) is 125 cm³/mol. The molecular formula is C25H22FN5O. The lowest BCUT2D eigenvalue weighted by Gasteiger charge is -2.14. The van der Waals surface area contributed by atoms with E-state index in [1.54, 1.807) is 6.07 Å². The van der Waals surface area contributed by atoms with Gasteiger partial charge in [0, 0.05) is 16.9 Å². The topological polar surface area (TPSA) is 78.9 Å². The molecule has 0 aliphatic carbocycles. The molecule has 0 spiro atoms. The number of hydrogen-bond acceptors (Lipinski definition) is 5. The maximum atomic E-state index is 13.5. The molecule has 0 bridgehead atoms. The smallest absolute Gasteiger partial charge is 0.255 e. The number of carbonyl (C=O) groups excluding carboxylic acids is 1. The predicted octanol–water partition coefficient (Wildman–Crippen LogP) is 5.97. The van der Waals surface area contributed by atoms with Crippen LogP contribution in [0.3, 0.4) is 0 Å². The number of nitrogens with zero attached hydrogens (tertiary/aromatic N) is 2. The van der Waals surface area contributed by atoms with Crippen LogP contribution in [0.1, 0.15) is 21.5 Å². The summed E-state index contributed by atoms with van der Waals surface area (Å²) in [7, 11) is 0. The quantitative estimate of drug-likeness (QED) is 0.353. The molecule has 0 aliphatic heterocycles. The van der Waals surface area contributed by atoms with Gasteiger partial charge in [-0.3, -0.25) is 4.79 Å². The number of aromatic nitrogens is 2. The van der Waals surface area contributed by atoms with Crippen LogP contribution in [0.15, 0.2) is 79.0 Å². The van der Waals surface area contributed by atoms with E-state index in [0.717, 1.165) is 22.5 Å². The Labute approximate surface area is 185 Å². The van der Waals surface area contributed by atoms with Crippen LogP contribution in [-0.2, 0) is 0 Å². The molecule has 0 atom stereocenters. The van der Waals surface area contributed by atoms with Gasteiger partial charge in [0.25, 0.3) is 5.91 Å². The Kier molecular flexibility index (Phi) is 6.07. The molecule has 32 heavy (non-hydrogen) atoms. The van der Waals surface area contributed by atoms with Gasteiger partial charge in [-0.25, -0.2) is 9.37 Å². The fraction of sp³-hybridized carbons (Fsp3) is 0.0800. The number of aryl methyl sites for hydroxylation is 2. The second-order valence-electron chi connectivity index (χ2n) is 7.41. The number of benzene rings is 3. The third-order valence-electron chi connectivity index (χ3n) is 4.68. The standard InChI is InChI=1S/C25H22FN5O/c1-16-6-3-10-20(12-16)28-23-22(30-24(32)18-8-5-9-19(26)14-18)15-27-25(31-23)29-21-11-4-7-17(2)13-21/h3-15H,1-2H3,(H,30,32)(H2,27,28,29,31). The van der Waals surface area contributed by atoms with Gasteiger partial charge in [-0.05, 0) is 67.4 Å². The number of rotatable bonds is 6. The molecule has 0 saturated carbocycles. The molecule has 6 nitrogen and oxygen atoms in total. The molecule has 0 fully saturated rings. The molecule has 3 N–H and O–H groups in total. The normalized spacial score (nSPS) is 10.5. The molecular weight excluding hydrogens is 405 g/mol. The summed E-state index contributed by atoms with van der Waals surface area (Å²) in [5, 5.41) is 9.18. The summed E-state index contributed by atoms with van der Waals surface area (Å²) in [6, 6.07) is 21.1. The van der Waals surface area contributed by atoms with Crippen molar-refractivity contribution in [3.63, 3.8) is 0 Å². The first-order chi connectivity index (χ1) is 15.5. The minimum Gasteiger partial charge on any atom is -0.338 e. The maximum Gasteiger partial charge on any atom is 0.255 e. The molecule has 1 amide bonds. The summed E-state index contributed by atoms with van der Waals surface area (Å²) in [6.07, 6.45) is 1.51. The van der Waals surface area contributed by atoms with Gasteiger partial charge in [0.05, 0.1) is 6.20 Å². The van der Waals surface area contributed by atoms with Crippen molar-refractivity contribution in [1.29, 1.82) is 0 Å². The maximum absolute atomic E-state index is 13.5. The van der Waals surface area contributed by atoms with E-state index in [2.05, 4.69) is 25.9 Å². The number of anilines is 5. The summed E-state index contributed by atoms with van der Waals surface area (Å²) in [5.74, 6) is -0.162. The highest BCUT2D eigenvalue weighted by molar-refractivity contribution is 6.05. The largest absolute Gasteiger partial charge is 0.338 e. The zero-order chi connectivity index (χ0) is 22.5. The second-order valence-corrected chi connectivity index (χ2v) is 7.41. The number of amides is 1. The van der Waals surface area contributed by atoms with E-state index in [0.29, 0.717) is 17.5 Å². The summed E-state index contributed by atoms with van der Waals surface area (Å²) in [6.45, 7) is 3.99. The SMILES string of the molecule is Cc1cccc(Nc2ncc(NC(=O)c3cccc(F)c3)c(Nc3cccc(C)c3)n2)c1. The van der Waals surface area contributed by atoms with Crippen LogP contribution >= 0.6 is 0 Å². The van der Waals surface area contributed by atoms with E-state index in [4.69, 9.17) is 0 Å². The molecule has 4 rings (SSSR count). The number of halogens is 1. The van der Waals surface area contributed by atoms with Crippen molar-refractivity contribution in [2.45, 2.75) is 13.8 Å². The van der Waals surface area contributed by atoms with Crippen LogP contribution in [-0.4, -0.2) is 15.9 Å². The summed E-state index contributed by atoms with van der Waals surface area (Å²) < 4.78 is 13.5. The van der Waals surface area contributed by atoms with Crippen molar-refractivity contribution < 1.29 is 9.18 Å². The van der Waals surface area contributed by atoms with E-state index in [-0.39, 0.29) is 5.56 Å². The first-order valence-corrected chi connectivity index (χ1v) is 10.1. The molecule has 7 heteroatoms. The van der Waals surface area contributed by atoms with Crippen molar-refractivity contribution in [3.8, 4) is 0 Å². The zero-order valence-electron chi connectivity index (χ0n) is 17.7. The first kappa shape index (κ1) is 21.0. The van der Waals surface area contributed by atoms with Crippen molar-refractivity contribution in [3.05, 3.63) is 102 Å². The van der Waals surface area contributed by atoms with Gasteiger partial charge in [0.15, 0.2) is 5.82 Å². The van der Waals surface area contributed by atoms with Gasteiger partial charge >= 0.3 is 0 Å². The molecule has 0 radical (unpaired) electrons. The van der Waals surface area contributed by atoms with Gasteiger partial charge in [0.1, 0.15) is 11.5 Å². The Hall–Kier alpha value is -4.26. The minimum atomic E-state index is -0.482. The van der Waals surface area contributed by atoms with Gasteiger partial charge in [-0.15, -0.1) is 0 Å². The van der Waals surface area contributed by atoms with Gasteiger partial charge < -0.3 is 16.0 Å². The highest BCUT2D eigenvalue weighted by Crippen LogP contribution is 2.26. The van der Waals surface area contributed by atoms with Crippen molar-refractivity contribution >= 4 is 34.7 Å². The molecule has 160 valence electrons. The fourth-order valence-corrected chi connectivity index (χ4v) is 3.16. The van der Waals surface area contributed by atoms with Gasteiger partial charge in [0.2, 0.25) is 5.95 Å². The van der Waals surface area contributed by atoms with Crippen molar-refractivity contribution in [1.82, 2.24) is 9.97 Å². The Balaban J connectivity index is 1.65. The van der Waals surface area contributed by atoms with Crippen molar-refractivity contribution in [2.75, 3.05) is 16.0 Å². The lowest BCUT2D eigenvalue weighted by atomic mass is 10.2. The molecule has 1 aromatic heterocycles. The van der Waals surface area contributed by atoms with Crippen LogP contribution in [0.2, 0.25) is 0 Å². The van der Waals surface area contributed by atoms with Gasteiger partial charge in [-0.2, -0.15) is 4.98 Å². The summed E-state index contributed by atoms with van der Waals surface area (Å²) in [4.78, 5) is 21.6. The Morgan fingerprint density at radius 3 is 2.16 bits per heavy atom. The average molecular weight is 427 g/mol. The number of carbonyl (C=O) groups is 1. The Bertz CT molecular complexity index is 1270. The second kappa shape index (κ2) is 9.26. The van der Waals surface area contributed by atoms with E-state index >= 15 is 0 Å². The van der Waals surface area contributed by atoms with Crippen LogP contribution in [0.25, 0.3) is 0 Å². The van der Waals surface area contributed by atoms with E-state index < -0.39 is 11.7 Å². The molecule has 0 unspecified atom stereocenters. The van der Waals surface area contributed by atoms with Gasteiger partial charge in [-0.1, -0.05) is 30.3 Å². The third kappa shape index (κ3) is 5.26. The Morgan fingerprint density at radius 1 is 0.844 bits per heavy atom. The Morgan fingerprint density at radius 2 is 1.50 bits per heavy atom. The zero-order valence-corrected chi connectivity index (χ0v) is 17.7. The van der Waals surface area contributed by atoms with Crippen LogP contribution < -0.4 is 16.0 Å². The molecule has 1 heterocycles. The highest BCUT2D eigenvalue weighted by Gasteiger charge is 2.13. The average Bonchev–Trinajstić information content (AvgIpc) is 2.75. The molecule has 3 aromatic carbocycles. The number of hydrogen-bond donors (Lipinski definition) is 3. The summed E-state index contributed by atoms with van der Waals surface area (Å²) >= 11 is 0. The van der Waals surface area contributed by atoms with Crippen LogP contribution in [0.4, 0.5) is 33.2 Å². The first-order valence-electron chi connectivity index (χ1n) is 10.1. The fourth-order valence-electron chi connectivity index (χ4n) is 3.16. The highest BCUT2D eigenvalue weighted by atomic mass is 19.1. The van der Waals surface area contributed by atoms with E-state index in [9.17, 15) is 9.18 Å². The lowest BCUT2D eigenvalue weighted by molar-refractivity contribution is 0.102. The van der Waals surface area contributed by atoms with E-state index in [1.165, 1.54) is 24.4 Å². The molecule has 0 saturated heterocycles. The van der Waals surface area contributed by atoms with Crippen LogP contribution in [0.5, 0.6) is 0 Å². The summed E-state index contributed by atoms with van der Waals surface area (Å²) in [5.41, 5.74) is 4.41. The van der Waals surface area contributed by atoms with E-state index in [1.807, 2.05) is 62.4 Å². The van der Waals surface area contributed by atoms with Crippen molar-refractivity contribution in [2.24, 2.45) is 0 Å². The monoisotopic (exact) mass is 427 g/mol. The minimum absolute atomic E-state index is 0.202. The molecule has 4 aromatic rings. The number of nitrogens with one attached hydrogen (secondary N) is 3. The molecule has 0 aliphatic rings.